The van der Waals surface area contributed by atoms with Crippen molar-refractivity contribution >= 4 is 11.5 Å². The molecule has 2 aromatic rings. The van der Waals surface area contributed by atoms with Crippen LogP contribution in [0.25, 0.3) is 11.4 Å². The normalized spacial score (nSPS) is 10.0. The van der Waals surface area contributed by atoms with Crippen LogP contribution in [-0.4, -0.2) is 9.36 Å². The first-order chi connectivity index (χ1) is 4.97. The highest BCUT2D eigenvalue weighted by atomic mass is 32.1. The van der Waals surface area contributed by atoms with E-state index in [1.807, 2.05) is 0 Å². The Labute approximate surface area is 61.5 Å². The maximum Gasteiger partial charge on any atom is 0.180 e. The molecule has 0 saturated carbocycles. The average molecular weight is 151 g/mol. The van der Waals surface area contributed by atoms with Crippen LogP contribution in [0.5, 0.6) is 0 Å². The van der Waals surface area contributed by atoms with Crippen LogP contribution in [0.15, 0.2) is 22.3 Å². The third-order valence-electron chi connectivity index (χ3n) is 1.07. The Morgan fingerprint density at radius 3 is 3.20 bits per heavy atom. The van der Waals surface area contributed by atoms with Crippen molar-refractivity contribution in [1.82, 2.24) is 9.36 Å². The molecular weight excluding hydrogens is 148 g/mol. The topological polar surface area (TPSA) is 38.9 Å². The van der Waals surface area contributed by atoms with E-state index in [-0.39, 0.29) is 0 Å². The van der Waals surface area contributed by atoms with E-state index in [1.165, 1.54) is 11.5 Å². The van der Waals surface area contributed by atoms with Crippen LogP contribution >= 0.6 is 11.5 Å². The van der Waals surface area contributed by atoms with Gasteiger partial charge in [0.2, 0.25) is 0 Å². The fraction of sp³-hybridized carbons (Fsp3) is 0. The molecule has 3 nitrogen and oxygen atoms in total. The van der Waals surface area contributed by atoms with Gasteiger partial charge in [-0.3, -0.25) is 0 Å². The molecule has 0 spiro atoms. The number of hydrogen-bond donors (Lipinski definition) is 0. The van der Waals surface area contributed by atoms with Gasteiger partial charge < -0.3 is 4.42 Å². The van der Waals surface area contributed by atoms with Crippen LogP contribution in [0.3, 0.4) is 0 Å². The Morgan fingerprint density at radius 2 is 2.60 bits per heavy atom. The molecule has 2 aromatic heterocycles. The van der Waals surface area contributed by atoms with Gasteiger partial charge >= 0.3 is 0 Å². The predicted molar refractivity (Wildman–Crippen MR) is 36.4 cm³/mol. The zero-order chi connectivity index (χ0) is 6.81. The van der Waals surface area contributed by atoms with Gasteiger partial charge in [-0.25, -0.2) is 4.98 Å². The molecular formula is C6H3N2OS. The van der Waals surface area contributed by atoms with Gasteiger partial charge in [-0.05, 0) is 17.6 Å². The first-order valence-electron chi connectivity index (χ1n) is 2.69. The van der Waals surface area contributed by atoms with Crippen molar-refractivity contribution in [1.29, 1.82) is 0 Å². The van der Waals surface area contributed by atoms with Crippen LogP contribution in [-0.2, 0) is 0 Å². The molecule has 0 aliphatic carbocycles. The molecule has 0 aliphatic rings. The fourth-order valence-electron chi connectivity index (χ4n) is 0.643. The zero-order valence-electron chi connectivity index (χ0n) is 4.94. The van der Waals surface area contributed by atoms with Gasteiger partial charge in [0.25, 0.3) is 0 Å². The number of nitrogens with zero attached hydrogens (tertiary/aromatic N) is 2. The number of aromatic nitrogens is 2. The molecule has 0 atom stereocenters. The summed E-state index contributed by atoms with van der Waals surface area (Å²) in [7, 11) is 0. The standard InChI is InChI=1S/C6H3N2OS/c1-2-9-3-5(1)6-7-4-10-8-6/h1-2,4H. The highest BCUT2D eigenvalue weighted by Crippen LogP contribution is 2.13. The van der Waals surface area contributed by atoms with E-state index in [1.54, 1.807) is 17.8 Å². The van der Waals surface area contributed by atoms with Crippen molar-refractivity contribution < 1.29 is 4.42 Å². The molecule has 0 unspecified atom stereocenters. The summed E-state index contributed by atoms with van der Waals surface area (Å²) in [6, 6.07) is 1.78. The molecule has 2 heterocycles. The summed E-state index contributed by atoms with van der Waals surface area (Å²) in [5, 5.41) is 0. The van der Waals surface area contributed by atoms with Crippen LogP contribution in [0.2, 0.25) is 0 Å². The van der Waals surface area contributed by atoms with Crippen LogP contribution in [0.1, 0.15) is 0 Å². The highest BCUT2D eigenvalue weighted by Gasteiger charge is 2.01. The van der Waals surface area contributed by atoms with E-state index >= 15 is 0 Å². The van der Waals surface area contributed by atoms with Crippen molar-refractivity contribution in [3.05, 3.63) is 24.1 Å². The Bertz CT molecular complexity index is 255. The minimum atomic E-state index is 0.679. The van der Waals surface area contributed by atoms with Gasteiger partial charge in [0.15, 0.2) is 12.1 Å². The first-order valence-corrected chi connectivity index (χ1v) is 3.52. The van der Waals surface area contributed by atoms with Crippen molar-refractivity contribution in [2.45, 2.75) is 0 Å². The Balaban J connectivity index is 2.48. The summed E-state index contributed by atoms with van der Waals surface area (Å²) < 4.78 is 8.74. The maximum atomic E-state index is 4.74. The number of hydrogen-bond acceptors (Lipinski definition) is 4. The second-order valence-electron chi connectivity index (χ2n) is 1.69. The predicted octanol–water partition coefficient (Wildman–Crippen LogP) is 1.60. The second-order valence-corrected chi connectivity index (χ2v) is 2.30. The molecule has 4 heteroatoms. The second kappa shape index (κ2) is 2.22. The van der Waals surface area contributed by atoms with E-state index in [4.69, 9.17) is 4.42 Å². The Morgan fingerprint density at radius 1 is 1.60 bits per heavy atom. The minimum absolute atomic E-state index is 0.679. The lowest BCUT2D eigenvalue weighted by Gasteiger charge is -1.79. The monoisotopic (exact) mass is 151 g/mol. The van der Waals surface area contributed by atoms with E-state index in [2.05, 4.69) is 15.6 Å². The van der Waals surface area contributed by atoms with Crippen LogP contribution < -0.4 is 0 Å². The molecule has 10 heavy (non-hydrogen) atoms. The fourth-order valence-corrected chi connectivity index (χ4v) is 1.08. The van der Waals surface area contributed by atoms with E-state index in [0.29, 0.717) is 5.82 Å². The van der Waals surface area contributed by atoms with Crippen molar-refractivity contribution in [2.75, 3.05) is 0 Å². The van der Waals surface area contributed by atoms with Gasteiger partial charge in [-0.1, -0.05) is 0 Å². The summed E-state index contributed by atoms with van der Waals surface area (Å²) in [5.41, 5.74) is 2.48. The largest absolute Gasteiger partial charge is 0.460 e. The molecule has 0 aromatic carbocycles. The molecule has 0 bridgehead atoms. The van der Waals surface area contributed by atoms with Gasteiger partial charge in [-0.2, -0.15) is 4.37 Å². The Kier molecular flexibility index (Phi) is 1.25. The highest BCUT2D eigenvalue weighted by molar-refractivity contribution is 7.03. The van der Waals surface area contributed by atoms with E-state index in [0.717, 1.165) is 5.56 Å². The van der Waals surface area contributed by atoms with E-state index in [9.17, 15) is 0 Å². The molecule has 49 valence electrons. The van der Waals surface area contributed by atoms with Crippen molar-refractivity contribution in [3.8, 4) is 11.4 Å². The quantitative estimate of drug-likeness (QED) is 0.621. The molecule has 0 N–H and O–H groups in total. The molecule has 0 amide bonds. The summed E-state index contributed by atoms with van der Waals surface area (Å²) in [4.78, 5) is 3.97. The molecule has 1 radical (unpaired) electrons. The molecule has 0 saturated heterocycles. The minimum Gasteiger partial charge on any atom is -0.460 e. The van der Waals surface area contributed by atoms with Gasteiger partial charge in [0.05, 0.1) is 11.8 Å². The smallest absolute Gasteiger partial charge is 0.180 e. The zero-order valence-corrected chi connectivity index (χ0v) is 5.76. The van der Waals surface area contributed by atoms with Gasteiger partial charge in [0.1, 0.15) is 5.51 Å². The lowest BCUT2D eigenvalue weighted by atomic mass is 10.3. The summed E-state index contributed by atoms with van der Waals surface area (Å²) >= 11 is 1.32. The van der Waals surface area contributed by atoms with Gasteiger partial charge in [0, 0.05) is 0 Å². The van der Waals surface area contributed by atoms with E-state index < -0.39 is 0 Å². The number of furan rings is 1. The van der Waals surface area contributed by atoms with Crippen molar-refractivity contribution in [3.63, 3.8) is 0 Å². The third-order valence-corrected chi connectivity index (χ3v) is 1.55. The third kappa shape index (κ3) is 0.823. The lowest BCUT2D eigenvalue weighted by molar-refractivity contribution is 0.559. The molecule has 0 fully saturated rings. The van der Waals surface area contributed by atoms with Crippen LogP contribution in [0, 0.1) is 6.26 Å². The van der Waals surface area contributed by atoms with Crippen molar-refractivity contribution in [2.24, 2.45) is 0 Å². The lowest BCUT2D eigenvalue weighted by Crippen LogP contribution is -1.73. The first kappa shape index (κ1) is 5.61. The SMILES string of the molecule is [c]1occc1-c1ncsn1. The summed E-state index contributed by atoms with van der Waals surface area (Å²) in [6.07, 6.45) is 4.20. The Hall–Kier alpha value is -1.16. The molecule has 0 aliphatic heterocycles. The van der Waals surface area contributed by atoms with Crippen LogP contribution in [0.4, 0.5) is 0 Å². The summed E-state index contributed by atoms with van der Waals surface area (Å²) in [6.45, 7) is 0. The average Bonchev–Trinajstić information content (AvgIpc) is 2.59. The number of rotatable bonds is 1. The maximum absolute atomic E-state index is 4.74. The van der Waals surface area contributed by atoms with Gasteiger partial charge in [-0.15, -0.1) is 0 Å². The summed E-state index contributed by atoms with van der Waals surface area (Å²) in [5.74, 6) is 0.679. The molecule has 2 rings (SSSR count).